The highest BCUT2D eigenvalue weighted by molar-refractivity contribution is 6.02. The third-order valence-corrected chi connectivity index (χ3v) is 6.41. The first-order valence-corrected chi connectivity index (χ1v) is 12.2. The van der Waals surface area contributed by atoms with E-state index in [2.05, 4.69) is 20.6 Å². The molecule has 0 radical (unpaired) electrons. The summed E-state index contributed by atoms with van der Waals surface area (Å²) >= 11 is 0. The third kappa shape index (κ3) is 5.85. The Kier molecular flexibility index (Phi) is 7.33. The molecule has 0 aliphatic carbocycles. The number of pyridine rings is 1. The Morgan fingerprint density at radius 1 is 0.900 bits per heavy atom. The van der Waals surface area contributed by atoms with Crippen LogP contribution in [0.4, 0.5) is 23.2 Å². The number of aromatic amines is 1. The summed E-state index contributed by atoms with van der Waals surface area (Å²) in [6, 6.07) is 17.6. The van der Waals surface area contributed by atoms with Crippen LogP contribution < -0.4 is 10.6 Å². The lowest BCUT2D eigenvalue weighted by Crippen LogP contribution is -2.45. The van der Waals surface area contributed by atoms with Gasteiger partial charge in [0.05, 0.1) is 11.1 Å². The lowest BCUT2D eigenvalue weighted by molar-refractivity contribution is -0.137. The smallest absolute Gasteiger partial charge is 0.361 e. The van der Waals surface area contributed by atoms with Crippen LogP contribution in [0.1, 0.15) is 21.5 Å². The van der Waals surface area contributed by atoms with Crippen LogP contribution in [-0.4, -0.2) is 27.8 Å². The fraction of sp³-hybridized carbons (Fsp3) is 0.100. The van der Waals surface area contributed by atoms with Crippen LogP contribution in [0.3, 0.4) is 0 Å². The molecule has 5 rings (SSSR count). The van der Waals surface area contributed by atoms with Crippen LogP contribution in [0.5, 0.6) is 0 Å². The molecule has 0 fully saturated rings. The molecule has 5 aromatic rings. The Morgan fingerprint density at radius 3 is 2.40 bits per heavy atom. The molecule has 0 spiro atoms. The van der Waals surface area contributed by atoms with Gasteiger partial charge in [0.25, 0.3) is 5.91 Å². The molecule has 3 aromatic carbocycles. The summed E-state index contributed by atoms with van der Waals surface area (Å²) < 4.78 is 54.5. The van der Waals surface area contributed by atoms with E-state index in [4.69, 9.17) is 0 Å². The Morgan fingerprint density at radius 2 is 1.65 bits per heavy atom. The highest BCUT2D eigenvalue weighted by Crippen LogP contribution is 2.32. The molecule has 0 saturated heterocycles. The third-order valence-electron chi connectivity index (χ3n) is 6.41. The average Bonchev–Trinajstić information content (AvgIpc) is 3.35. The number of fused-ring (bicyclic) bond motifs is 1. The average molecular weight is 547 g/mol. The van der Waals surface area contributed by atoms with Crippen molar-refractivity contribution >= 4 is 28.4 Å². The molecule has 202 valence electrons. The number of amides is 2. The molecule has 2 amide bonds. The lowest BCUT2D eigenvalue weighted by Gasteiger charge is -2.19. The predicted octanol–water partition coefficient (Wildman–Crippen LogP) is 6.37. The van der Waals surface area contributed by atoms with Gasteiger partial charge in [0.2, 0.25) is 5.91 Å². The molecule has 3 N–H and O–H groups in total. The summed E-state index contributed by atoms with van der Waals surface area (Å²) in [4.78, 5) is 33.4. The van der Waals surface area contributed by atoms with Crippen LogP contribution in [0.15, 0.2) is 97.5 Å². The van der Waals surface area contributed by atoms with Gasteiger partial charge in [-0.1, -0.05) is 36.4 Å². The highest BCUT2D eigenvalue weighted by atomic mass is 19.4. The summed E-state index contributed by atoms with van der Waals surface area (Å²) in [6.45, 7) is 0. The van der Waals surface area contributed by atoms with Crippen molar-refractivity contribution < 1.29 is 27.2 Å². The van der Waals surface area contributed by atoms with Gasteiger partial charge in [-0.05, 0) is 59.2 Å². The number of hydrogen-bond acceptors (Lipinski definition) is 3. The van der Waals surface area contributed by atoms with Crippen molar-refractivity contribution in [1.82, 2.24) is 15.3 Å². The minimum Gasteiger partial charge on any atom is -0.361 e. The van der Waals surface area contributed by atoms with E-state index in [1.807, 2.05) is 24.3 Å². The van der Waals surface area contributed by atoms with Crippen molar-refractivity contribution in [2.75, 3.05) is 5.32 Å². The maximum absolute atomic E-state index is 15.1. The van der Waals surface area contributed by atoms with Gasteiger partial charge < -0.3 is 15.6 Å². The van der Waals surface area contributed by atoms with Crippen molar-refractivity contribution in [3.8, 4) is 11.1 Å². The number of rotatable bonds is 7. The van der Waals surface area contributed by atoms with Crippen molar-refractivity contribution in [1.29, 1.82) is 0 Å². The normalized spacial score (nSPS) is 12.2. The molecule has 6 nitrogen and oxygen atoms in total. The Labute approximate surface area is 226 Å². The van der Waals surface area contributed by atoms with E-state index in [1.54, 1.807) is 18.3 Å². The van der Waals surface area contributed by atoms with Gasteiger partial charge in [-0.2, -0.15) is 13.2 Å². The summed E-state index contributed by atoms with van der Waals surface area (Å²) in [6.07, 6.45) is 0.310. The second kappa shape index (κ2) is 11.0. The van der Waals surface area contributed by atoms with E-state index in [9.17, 15) is 22.8 Å². The number of nitrogens with zero attached hydrogens (tertiary/aromatic N) is 1. The Hall–Kier alpha value is -4.99. The number of H-pyrrole nitrogens is 1. The molecule has 0 saturated carbocycles. The quantitative estimate of drug-likeness (QED) is 0.208. The number of aromatic nitrogens is 2. The molecular weight excluding hydrogens is 524 g/mol. The van der Waals surface area contributed by atoms with Gasteiger partial charge >= 0.3 is 6.18 Å². The SMILES string of the molecule is O=C(NC(Cc1c[nH]c2ccccc12)C(=O)Nc1ccncc1)c1ccc(-c2cccc(C(F)(F)F)c2)cc1F. The monoisotopic (exact) mass is 546 g/mol. The number of halogens is 4. The van der Waals surface area contributed by atoms with Crippen LogP contribution in [0.25, 0.3) is 22.0 Å². The fourth-order valence-corrected chi connectivity index (χ4v) is 4.38. The zero-order chi connectivity index (χ0) is 28.3. The zero-order valence-corrected chi connectivity index (χ0v) is 20.8. The number of benzene rings is 3. The summed E-state index contributed by atoms with van der Waals surface area (Å²) in [7, 11) is 0. The molecule has 0 aliphatic rings. The number of nitrogens with one attached hydrogen (secondary N) is 3. The van der Waals surface area contributed by atoms with E-state index in [0.29, 0.717) is 5.69 Å². The Balaban J connectivity index is 1.40. The van der Waals surface area contributed by atoms with Crippen molar-refractivity contribution in [3.63, 3.8) is 0 Å². The second-order valence-electron chi connectivity index (χ2n) is 9.09. The maximum atomic E-state index is 15.1. The largest absolute Gasteiger partial charge is 0.416 e. The zero-order valence-electron chi connectivity index (χ0n) is 20.8. The predicted molar refractivity (Wildman–Crippen MR) is 143 cm³/mol. The summed E-state index contributed by atoms with van der Waals surface area (Å²) in [5, 5.41) is 6.22. The van der Waals surface area contributed by atoms with E-state index in [1.165, 1.54) is 36.7 Å². The number of alkyl halides is 3. The van der Waals surface area contributed by atoms with E-state index in [0.717, 1.165) is 34.7 Å². The van der Waals surface area contributed by atoms with E-state index >= 15 is 4.39 Å². The number of hydrogen-bond donors (Lipinski definition) is 3. The molecule has 0 bridgehead atoms. The maximum Gasteiger partial charge on any atom is 0.416 e. The van der Waals surface area contributed by atoms with Gasteiger partial charge in [0, 0.05) is 41.6 Å². The van der Waals surface area contributed by atoms with Crippen LogP contribution >= 0.6 is 0 Å². The van der Waals surface area contributed by atoms with Crippen LogP contribution in [0, 0.1) is 5.82 Å². The standard InChI is InChI=1S/C30H22F4N4O2/c31-25-15-19(18-4-3-5-21(14-18)30(32,33)34)8-9-24(25)28(39)38-27(29(40)37-22-10-12-35-13-11-22)16-20-17-36-26-7-2-1-6-23(20)26/h1-15,17,27,36H,16H2,(H,38,39)(H,35,37,40). The van der Waals surface area contributed by atoms with Gasteiger partial charge in [-0.25, -0.2) is 4.39 Å². The van der Waals surface area contributed by atoms with Crippen LogP contribution in [-0.2, 0) is 17.4 Å². The van der Waals surface area contributed by atoms with Crippen molar-refractivity contribution in [2.24, 2.45) is 0 Å². The molecule has 10 heteroatoms. The Bertz CT molecular complexity index is 1680. The molecule has 1 unspecified atom stereocenters. The summed E-state index contributed by atoms with van der Waals surface area (Å²) in [5.74, 6) is -2.30. The summed E-state index contributed by atoms with van der Waals surface area (Å²) in [5.41, 5.74) is 1.19. The molecular formula is C30H22F4N4O2. The second-order valence-corrected chi connectivity index (χ2v) is 9.09. The molecule has 40 heavy (non-hydrogen) atoms. The fourth-order valence-electron chi connectivity index (χ4n) is 4.38. The first kappa shape index (κ1) is 26.6. The van der Waals surface area contributed by atoms with Crippen LogP contribution in [0.2, 0.25) is 0 Å². The number of carbonyl (C=O) groups excluding carboxylic acids is 2. The van der Waals surface area contributed by atoms with Gasteiger partial charge in [-0.3, -0.25) is 14.6 Å². The number of carbonyl (C=O) groups is 2. The minimum atomic E-state index is -4.55. The first-order chi connectivity index (χ1) is 19.2. The van der Waals surface area contributed by atoms with Gasteiger partial charge in [0.15, 0.2) is 0 Å². The number of anilines is 1. The molecule has 2 aromatic heterocycles. The number of para-hydroxylation sites is 1. The van der Waals surface area contributed by atoms with E-state index in [-0.39, 0.29) is 23.1 Å². The highest BCUT2D eigenvalue weighted by Gasteiger charge is 2.30. The van der Waals surface area contributed by atoms with Gasteiger partial charge in [-0.15, -0.1) is 0 Å². The molecule has 0 aliphatic heterocycles. The lowest BCUT2D eigenvalue weighted by atomic mass is 10.00. The van der Waals surface area contributed by atoms with Crippen molar-refractivity contribution in [3.05, 3.63) is 120 Å². The topological polar surface area (TPSA) is 86.9 Å². The molecule has 1 atom stereocenters. The first-order valence-electron chi connectivity index (χ1n) is 12.2. The minimum absolute atomic E-state index is 0.108. The van der Waals surface area contributed by atoms with Gasteiger partial charge in [0.1, 0.15) is 11.9 Å². The molecule has 2 heterocycles. The van der Waals surface area contributed by atoms with E-state index < -0.39 is 35.4 Å². The van der Waals surface area contributed by atoms with Crippen molar-refractivity contribution in [2.45, 2.75) is 18.6 Å².